The molecule has 2 aliphatic heterocycles. The standard InChI is InChI=1S/C26H32F2N8O2S/c1-2-38-21-12-18(11-20(27)24(21)28)15-35-9-4-5-17(14-35)13-23(37)31-26-34-33-25(39-26)30-19-7-10-36(16-19)22-6-3-8-29-32-22/h3,6,8,11-12,17,19H,2,4-5,7,9-10,13-16H2,1H3,(H,30,33)(H,31,34,37)/t17-,19+/m0/s1. The van der Waals surface area contributed by atoms with Crippen molar-refractivity contribution in [1.82, 2.24) is 25.3 Å². The van der Waals surface area contributed by atoms with Gasteiger partial charge in [0, 0.05) is 44.8 Å². The number of hydrogen-bond donors (Lipinski definition) is 2. The molecule has 0 radical (unpaired) electrons. The van der Waals surface area contributed by atoms with E-state index in [1.54, 1.807) is 19.2 Å². The minimum atomic E-state index is -0.962. The summed E-state index contributed by atoms with van der Waals surface area (Å²) < 4.78 is 33.2. The highest BCUT2D eigenvalue weighted by Gasteiger charge is 2.26. The second kappa shape index (κ2) is 12.6. The molecular formula is C26H32F2N8O2S. The van der Waals surface area contributed by atoms with E-state index in [4.69, 9.17) is 4.74 Å². The van der Waals surface area contributed by atoms with Crippen molar-refractivity contribution in [2.45, 2.75) is 45.2 Å². The van der Waals surface area contributed by atoms with Gasteiger partial charge >= 0.3 is 0 Å². The molecule has 2 aliphatic rings. The summed E-state index contributed by atoms with van der Waals surface area (Å²) in [6, 6.07) is 6.79. The number of anilines is 3. The Morgan fingerprint density at radius 3 is 2.85 bits per heavy atom. The summed E-state index contributed by atoms with van der Waals surface area (Å²) in [6.07, 6.45) is 4.81. The molecule has 4 heterocycles. The zero-order valence-electron chi connectivity index (χ0n) is 21.8. The molecule has 0 spiro atoms. The third kappa shape index (κ3) is 7.15. The van der Waals surface area contributed by atoms with Crippen molar-refractivity contribution in [3.63, 3.8) is 0 Å². The molecule has 39 heavy (non-hydrogen) atoms. The molecule has 0 saturated carbocycles. The number of likely N-dealkylation sites (tertiary alicyclic amines) is 1. The van der Waals surface area contributed by atoms with E-state index >= 15 is 0 Å². The van der Waals surface area contributed by atoms with E-state index < -0.39 is 11.6 Å². The zero-order valence-corrected chi connectivity index (χ0v) is 22.6. The molecular weight excluding hydrogens is 526 g/mol. The van der Waals surface area contributed by atoms with Gasteiger partial charge in [-0.05, 0) is 68.5 Å². The number of ether oxygens (including phenoxy) is 1. The molecule has 2 N–H and O–H groups in total. The molecule has 1 amide bonds. The summed E-state index contributed by atoms with van der Waals surface area (Å²) in [5.41, 5.74) is 0.651. The van der Waals surface area contributed by atoms with Crippen molar-refractivity contribution < 1.29 is 18.3 Å². The average molecular weight is 559 g/mol. The van der Waals surface area contributed by atoms with Gasteiger partial charge in [-0.15, -0.1) is 15.3 Å². The Morgan fingerprint density at radius 2 is 2.03 bits per heavy atom. The highest BCUT2D eigenvalue weighted by molar-refractivity contribution is 7.19. The van der Waals surface area contributed by atoms with E-state index in [0.29, 0.717) is 35.3 Å². The van der Waals surface area contributed by atoms with Gasteiger partial charge in [0.15, 0.2) is 17.4 Å². The molecule has 0 unspecified atom stereocenters. The van der Waals surface area contributed by atoms with Crippen molar-refractivity contribution in [2.24, 2.45) is 5.92 Å². The van der Waals surface area contributed by atoms with Crippen LogP contribution in [0.15, 0.2) is 30.5 Å². The molecule has 0 aliphatic carbocycles. The number of nitrogens with one attached hydrogen (secondary N) is 2. The number of amides is 1. The average Bonchev–Trinajstić information content (AvgIpc) is 3.57. The minimum Gasteiger partial charge on any atom is -0.491 e. The summed E-state index contributed by atoms with van der Waals surface area (Å²) in [6.45, 7) is 5.66. The quantitative estimate of drug-likeness (QED) is 0.383. The Hall–Kier alpha value is -3.45. The van der Waals surface area contributed by atoms with Gasteiger partial charge in [-0.1, -0.05) is 11.3 Å². The molecule has 1 aromatic carbocycles. The number of halogens is 2. The highest BCUT2D eigenvalue weighted by Crippen LogP contribution is 2.28. The van der Waals surface area contributed by atoms with E-state index in [1.807, 2.05) is 12.1 Å². The third-order valence-electron chi connectivity index (χ3n) is 6.91. The molecule has 13 heteroatoms. The summed E-state index contributed by atoms with van der Waals surface area (Å²) in [5, 5.41) is 23.8. The van der Waals surface area contributed by atoms with E-state index in [2.05, 4.69) is 40.8 Å². The molecule has 2 aromatic heterocycles. The predicted octanol–water partition coefficient (Wildman–Crippen LogP) is 3.94. The SMILES string of the molecule is CCOc1cc(CN2CCC[C@@H](CC(=O)Nc3nnc(N[C@@H]4CCN(c5cccnn5)C4)s3)C2)cc(F)c1F. The Kier molecular flexibility index (Phi) is 8.77. The monoisotopic (exact) mass is 558 g/mol. The van der Waals surface area contributed by atoms with Crippen molar-refractivity contribution in [3.8, 4) is 5.75 Å². The zero-order chi connectivity index (χ0) is 27.2. The minimum absolute atomic E-state index is 0.0675. The van der Waals surface area contributed by atoms with Crippen LogP contribution in [0.4, 0.5) is 24.9 Å². The molecule has 208 valence electrons. The number of carbonyl (C=O) groups excluding carboxylic acids is 1. The normalized spacial score (nSPS) is 19.7. The van der Waals surface area contributed by atoms with Gasteiger partial charge in [0.25, 0.3) is 0 Å². The number of hydrogen-bond acceptors (Lipinski definition) is 10. The van der Waals surface area contributed by atoms with Gasteiger partial charge in [0.05, 0.1) is 6.61 Å². The maximum Gasteiger partial charge on any atom is 0.226 e. The van der Waals surface area contributed by atoms with Crippen LogP contribution in [0.2, 0.25) is 0 Å². The van der Waals surface area contributed by atoms with Crippen molar-refractivity contribution in [1.29, 1.82) is 0 Å². The first-order valence-corrected chi connectivity index (χ1v) is 14.0. The van der Waals surface area contributed by atoms with Crippen molar-refractivity contribution in [2.75, 3.05) is 48.3 Å². The molecule has 2 fully saturated rings. The first kappa shape index (κ1) is 27.1. The number of nitrogens with zero attached hydrogens (tertiary/aromatic N) is 6. The van der Waals surface area contributed by atoms with Crippen LogP contribution < -0.4 is 20.3 Å². The van der Waals surface area contributed by atoms with Crippen LogP contribution in [-0.2, 0) is 11.3 Å². The van der Waals surface area contributed by atoms with Crippen LogP contribution in [0.1, 0.15) is 38.2 Å². The number of carbonyl (C=O) groups is 1. The van der Waals surface area contributed by atoms with Crippen LogP contribution in [-0.4, -0.2) is 70.0 Å². The van der Waals surface area contributed by atoms with Crippen LogP contribution in [0.3, 0.4) is 0 Å². The molecule has 3 aromatic rings. The second-order valence-electron chi connectivity index (χ2n) is 9.89. The Morgan fingerprint density at radius 1 is 1.15 bits per heavy atom. The van der Waals surface area contributed by atoms with Crippen LogP contribution in [0, 0.1) is 17.6 Å². The fourth-order valence-corrected chi connectivity index (χ4v) is 5.91. The largest absolute Gasteiger partial charge is 0.491 e. The highest BCUT2D eigenvalue weighted by atomic mass is 32.1. The topological polar surface area (TPSA) is 108 Å². The molecule has 10 nitrogen and oxygen atoms in total. The fraction of sp³-hybridized carbons (Fsp3) is 0.500. The van der Waals surface area contributed by atoms with Gasteiger partial charge in [-0.25, -0.2) is 4.39 Å². The van der Waals surface area contributed by atoms with E-state index in [0.717, 1.165) is 44.7 Å². The van der Waals surface area contributed by atoms with Crippen LogP contribution in [0.5, 0.6) is 5.75 Å². The second-order valence-corrected chi connectivity index (χ2v) is 10.9. The molecule has 2 atom stereocenters. The number of rotatable bonds is 10. The number of benzene rings is 1. The summed E-state index contributed by atoms with van der Waals surface area (Å²) in [4.78, 5) is 17.1. The third-order valence-corrected chi connectivity index (χ3v) is 7.68. The lowest BCUT2D eigenvalue weighted by Crippen LogP contribution is -2.36. The van der Waals surface area contributed by atoms with Gasteiger partial charge < -0.3 is 20.3 Å². The molecule has 2 saturated heterocycles. The van der Waals surface area contributed by atoms with Crippen molar-refractivity contribution in [3.05, 3.63) is 47.7 Å². The molecule has 5 rings (SSSR count). The lowest BCUT2D eigenvalue weighted by atomic mass is 9.94. The lowest BCUT2D eigenvalue weighted by molar-refractivity contribution is -0.117. The summed E-state index contributed by atoms with van der Waals surface area (Å²) in [7, 11) is 0. The van der Waals surface area contributed by atoms with Gasteiger partial charge in [0.1, 0.15) is 0 Å². The Balaban J connectivity index is 1.09. The van der Waals surface area contributed by atoms with E-state index in [9.17, 15) is 13.6 Å². The smallest absolute Gasteiger partial charge is 0.226 e. The maximum atomic E-state index is 14.0. The van der Waals surface area contributed by atoms with Gasteiger partial charge in [-0.3, -0.25) is 9.69 Å². The van der Waals surface area contributed by atoms with Gasteiger partial charge in [0.2, 0.25) is 22.0 Å². The Bertz CT molecular complexity index is 1260. The Labute approximate surface area is 229 Å². The predicted molar refractivity (Wildman–Crippen MR) is 145 cm³/mol. The van der Waals surface area contributed by atoms with Crippen molar-refractivity contribution >= 4 is 33.3 Å². The van der Waals surface area contributed by atoms with Gasteiger partial charge in [-0.2, -0.15) is 9.49 Å². The number of piperidine rings is 1. The number of aromatic nitrogens is 4. The first-order valence-electron chi connectivity index (χ1n) is 13.2. The lowest BCUT2D eigenvalue weighted by Gasteiger charge is -2.32. The van der Waals surface area contributed by atoms with Crippen LogP contribution in [0.25, 0.3) is 0 Å². The summed E-state index contributed by atoms with van der Waals surface area (Å²) in [5.74, 6) is -1.03. The maximum absolute atomic E-state index is 14.0. The van der Waals surface area contributed by atoms with E-state index in [-0.39, 0.29) is 30.2 Å². The van der Waals surface area contributed by atoms with E-state index in [1.165, 1.54) is 17.4 Å². The summed E-state index contributed by atoms with van der Waals surface area (Å²) >= 11 is 1.32. The van der Waals surface area contributed by atoms with Crippen LogP contribution >= 0.6 is 11.3 Å². The fourth-order valence-electron chi connectivity index (χ4n) is 5.18. The first-order chi connectivity index (χ1) is 19.0. The molecule has 0 bridgehead atoms.